The topological polar surface area (TPSA) is 89.3 Å². The molecule has 33 heavy (non-hydrogen) atoms. The van der Waals surface area contributed by atoms with Gasteiger partial charge < -0.3 is 11.1 Å². The predicted octanol–water partition coefficient (Wildman–Crippen LogP) is 5.30. The van der Waals surface area contributed by atoms with Crippen molar-refractivity contribution in [2.45, 2.75) is 9.79 Å². The molecule has 0 spiro atoms. The first kappa shape index (κ1) is 22.2. The predicted molar refractivity (Wildman–Crippen MR) is 122 cm³/mol. The van der Waals surface area contributed by atoms with Crippen molar-refractivity contribution in [2.75, 3.05) is 11.1 Å². The van der Waals surface area contributed by atoms with E-state index in [4.69, 9.17) is 5.73 Å². The number of rotatable bonds is 5. The first-order chi connectivity index (χ1) is 15.7. The SMILES string of the molecule is Nc1ccc(-c2ccc(F)cc2)cc1NC(=O)c1ccc(S(=O)(=O)c2cccc(F)c2)cc1. The molecule has 166 valence electrons. The molecule has 0 heterocycles. The highest BCUT2D eigenvalue weighted by Crippen LogP contribution is 2.28. The molecule has 0 aromatic heterocycles. The van der Waals surface area contributed by atoms with Crippen molar-refractivity contribution in [2.24, 2.45) is 0 Å². The Kier molecular flexibility index (Phi) is 5.93. The zero-order valence-electron chi connectivity index (χ0n) is 17.1. The number of halogens is 2. The number of nitrogens with one attached hydrogen (secondary N) is 1. The summed E-state index contributed by atoms with van der Waals surface area (Å²) in [5.41, 5.74) is 8.37. The number of anilines is 2. The Labute approximate surface area is 189 Å². The molecule has 3 N–H and O–H groups in total. The number of hydrogen-bond acceptors (Lipinski definition) is 4. The van der Waals surface area contributed by atoms with Crippen LogP contribution < -0.4 is 11.1 Å². The Hall–Kier alpha value is -4.04. The van der Waals surface area contributed by atoms with Gasteiger partial charge in [0.15, 0.2) is 0 Å². The average Bonchev–Trinajstić information content (AvgIpc) is 2.81. The fraction of sp³-hybridized carbons (Fsp3) is 0. The van der Waals surface area contributed by atoms with E-state index in [1.165, 1.54) is 48.5 Å². The zero-order valence-corrected chi connectivity index (χ0v) is 17.9. The summed E-state index contributed by atoms with van der Waals surface area (Å²) in [6.45, 7) is 0. The van der Waals surface area contributed by atoms with Crippen LogP contribution >= 0.6 is 0 Å². The van der Waals surface area contributed by atoms with Crippen molar-refractivity contribution in [1.82, 2.24) is 0 Å². The van der Waals surface area contributed by atoms with Gasteiger partial charge in [0.2, 0.25) is 9.84 Å². The largest absolute Gasteiger partial charge is 0.397 e. The molecule has 0 atom stereocenters. The molecule has 4 aromatic rings. The van der Waals surface area contributed by atoms with Crippen LogP contribution in [0.2, 0.25) is 0 Å². The fourth-order valence-corrected chi connectivity index (χ4v) is 4.53. The Balaban J connectivity index is 1.56. The van der Waals surface area contributed by atoms with Crippen molar-refractivity contribution in [1.29, 1.82) is 0 Å². The number of nitrogen functional groups attached to an aromatic ring is 1. The molecular formula is C25H18F2N2O3S. The van der Waals surface area contributed by atoms with Gasteiger partial charge in [0.1, 0.15) is 11.6 Å². The summed E-state index contributed by atoms with van der Waals surface area (Å²) in [5, 5.41) is 2.71. The van der Waals surface area contributed by atoms with Crippen molar-refractivity contribution >= 4 is 27.1 Å². The van der Waals surface area contributed by atoms with E-state index in [0.29, 0.717) is 11.4 Å². The summed E-state index contributed by atoms with van der Waals surface area (Å²) < 4.78 is 52.0. The Morgan fingerprint density at radius 3 is 2.06 bits per heavy atom. The lowest BCUT2D eigenvalue weighted by atomic mass is 10.0. The molecule has 5 nitrogen and oxygen atoms in total. The van der Waals surface area contributed by atoms with Crippen molar-refractivity contribution in [3.8, 4) is 11.1 Å². The third-order valence-electron chi connectivity index (χ3n) is 5.01. The van der Waals surface area contributed by atoms with Crippen LogP contribution in [0.5, 0.6) is 0 Å². The van der Waals surface area contributed by atoms with Gasteiger partial charge in [-0.2, -0.15) is 0 Å². The second-order valence-corrected chi connectivity index (χ2v) is 9.20. The van der Waals surface area contributed by atoms with E-state index in [2.05, 4.69) is 5.32 Å². The lowest BCUT2D eigenvalue weighted by Gasteiger charge is -2.11. The lowest BCUT2D eigenvalue weighted by Crippen LogP contribution is -2.13. The van der Waals surface area contributed by atoms with Gasteiger partial charge in [-0.15, -0.1) is 0 Å². The Morgan fingerprint density at radius 2 is 1.39 bits per heavy atom. The first-order valence-corrected chi connectivity index (χ1v) is 11.3. The maximum absolute atomic E-state index is 13.4. The van der Waals surface area contributed by atoms with E-state index < -0.39 is 21.6 Å². The molecular weight excluding hydrogens is 446 g/mol. The van der Waals surface area contributed by atoms with E-state index in [1.807, 2.05) is 0 Å². The molecule has 0 aliphatic heterocycles. The maximum Gasteiger partial charge on any atom is 0.255 e. The van der Waals surface area contributed by atoms with E-state index >= 15 is 0 Å². The number of carbonyl (C=O) groups excluding carboxylic acids is 1. The molecule has 0 saturated heterocycles. The molecule has 0 radical (unpaired) electrons. The molecule has 0 fully saturated rings. The lowest BCUT2D eigenvalue weighted by molar-refractivity contribution is 0.102. The maximum atomic E-state index is 13.4. The molecule has 0 bridgehead atoms. The number of amides is 1. The molecule has 0 saturated carbocycles. The van der Waals surface area contributed by atoms with Crippen LogP contribution in [0.4, 0.5) is 20.2 Å². The molecule has 4 rings (SSSR count). The minimum atomic E-state index is -3.93. The molecule has 4 aromatic carbocycles. The van der Waals surface area contributed by atoms with Gasteiger partial charge in [0.25, 0.3) is 5.91 Å². The second kappa shape index (κ2) is 8.84. The van der Waals surface area contributed by atoms with Crippen LogP contribution in [-0.4, -0.2) is 14.3 Å². The third-order valence-corrected chi connectivity index (χ3v) is 6.78. The minimum absolute atomic E-state index is 0.0672. The first-order valence-electron chi connectivity index (χ1n) is 9.81. The molecule has 0 unspecified atom stereocenters. The summed E-state index contributed by atoms with van der Waals surface area (Å²) in [7, 11) is -3.93. The van der Waals surface area contributed by atoms with Crippen LogP contribution in [0.3, 0.4) is 0 Å². The van der Waals surface area contributed by atoms with Gasteiger partial charge in [0.05, 0.1) is 21.2 Å². The normalized spacial score (nSPS) is 11.2. The van der Waals surface area contributed by atoms with Gasteiger partial charge >= 0.3 is 0 Å². The van der Waals surface area contributed by atoms with Gasteiger partial charge in [-0.25, -0.2) is 17.2 Å². The number of benzene rings is 4. The quantitative estimate of drug-likeness (QED) is 0.392. The van der Waals surface area contributed by atoms with Crippen LogP contribution in [-0.2, 0) is 9.84 Å². The van der Waals surface area contributed by atoms with E-state index in [-0.39, 0.29) is 21.2 Å². The fourth-order valence-electron chi connectivity index (χ4n) is 3.24. The van der Waals surface area contributed by atoms with Gasteiger partial charge in [-0.1, -0.05) is 24.3 Å². The van der Waals surface area contributed by atoms with Gasteiger partial charge in [-0.3, -0.25) is 4.79 Å². The number of sulfone groups is 1. The highest BCUT2D eigenvalue weighted by Gasteiger charge is 2.19. The van der Waals surface area contributed by atoms with Crippen LogP contribution in [0.25, 0.3) is 11.1 Å². The zero-order chi connectivity index (χ0) is 23.6. The third kappa shape index (κ3) is 4.75. The smallest absolute Gasteiger partial charge is 0.255 e. The monoisotopic (exact) mass is 464 g/mol. The summed E-state index contributed by atoms with van der Waals surface area (Å²) >= 11 is 0. The van der Waals surface area contributed by atoms with E-state index in [0.717, 1.165) is 23.3 Å². The number of nitrogens with two attached hydrogens (primary N) is 1. The number of hydrogen-bond donors (Lipinski definition) is 2. The molecule has 8 heteroatoms. The van der Waals surface area contributed by atoms with Crippen LogP contribution in [0.15, 0.2) is 101 Å². The minimum Gasteiger partial charge on any atom is -0.397 e. The van der Waals surface area contributed by atoms with Crippen LogP contribution in [0.1, 0.15) is 10.4 Å². The number of carbonyl (C=O) groups is 1. The summed E-state index contributed by atoms with van der Waals surface area (Å²) in [6, 6.07) is 21.0. The van der Waals surface area contributed by atoms with E-state index in [1.54, 1.807) is 30.3 Å². The summed E-state index contributed by atoms with van der Waals surface area (Å²) in [5.74, 6) is -1.51. The van der Waals surface area contributed by atoms with Crippen LogP contribution in [0, 0.1) is 11.6 Å². The molecule has 0 aliphatic rings. The molecule has 0 aliphatic carbocycles. The van der Waals surface area contributed by atoms with Crippen molar-refractivity contribution < 1.29 is 22.0 Å². The Bertz CT molecular complexity index is 1440. The molecule has 1 amide bonds. The highest BCUT2D eigenvalue weighted by atomic mass is 32.2. The standard InChI is InChI=1S/C25H18F2N2O3S/c26-19-9-4-16(5-10-19)18-8-13-23(28)24(14-18)29-25(30)17-6-11-21(12-7-17)33(31,32)22-3-1-2-20(27)15-22/h1-15H,28H2,(H,29,30). The van der Waals surface area contributed by atoms with Crippen molar-refractivity contribution in [3.63, 3.8) is 0 Å². The van der Waals surface area contributed by atoms with Crippen molar-refractivity contribution in [3.05, 3.63) is 108 Å². The average molecular weight is 464 g/mol. The second-order valence-electron chi connectivity index (χ2n) is 7.25. The highest BCUT2D eigenvalue weighted by molar-refractivity contribution is 7.91. The summed E-state index contributed by atoms with van der Waals surface area (Å²) in [6.07, 6.45) is 0. The van der Waals surface area contributed by atoms with Gasteiger partial charge in [0, 0.05) is 5.56 Å². The van der Waals surface area contributed by atoms with E-state index in [9.17, 15) is 22.0 Å². The summed E-state index contributed by atoms with van der Waals surface area (Å²) in [4.78, 5) is 12.5. The van der Waals surface area contributed by atoms with Gasteiger partial charge in [-0.05, 0) is 77.9 Å². The Morgan fingerprint density at radius 1 is 0.727 bits per heavy atom.